The Bertz CT molecular complexity index is 732. The molecule has 0 radical (unpaired) electrons. The van der Waals surface area contributed by atoms with Crippen molar-refractivity contribution >= 4 is 11.6 Å². The Labute approximate surface area is 113 Å². The maximum Gasteiger partial charge on any atom is 0.293 e. The molecule has 0 unspecified atom stereocenters. The van der Waals surface area contributed by atoms with Crippen molar-refractivity contribution in [2.75, 3.05) is 5.32 Å². The largest absolute Gasteiger partial charge is 0.319 e. The Morgan fingerprint density at radius 1 is 1.25 bits per heavy atom. The Morgan fingerprint density at radius 3 is 2.75 bits per heavy atom. The summed E-state index contributed by atoms with van der Waals surface area (Å²) in [6, 6.07) is 7.50. The molecule has 0 atom stereocenters. The average Bonchev–Trinajstić information content (AvgIpc) is 3.11. The van der Waals surface area contributed by atoms with Crippen LogP contribution in [0, 0.1) is 6.92 Å². The molecule has 100 valence electrons. The molecule has 8 nitrogen and oxygen atoms in total. The molecule has 0 aliphatic carbocycles. The molecule has 0 spiro atoms. The molecule has 8 heteroatoms. The van der Waals surface area contributed by atoms with E-state index in [0.29, 0.717) is 5.95 Å². The van der Waals surface area contributed by atoms with E-state index >= 15 is 0 Å². The molecular formula is C12H11N7O. The van der Waals surface area contributed by atoms with Crippen LogP contribution in [0.15, 0.2) is 36.9 Å². The van der Waals surface area contributed by atoms with Crippen molar-refractivity contribution in [1.82, 2.24) is 29.9 Å². The third-order valence-electron chi connectivity index (χ3n) is 2.73. The van der Waals surface area contributed by atoms with E-state index in [0.717, 1.165) is 11.3 Å². The van der Waals surface area contributed by atoms with Gasteiger partial charge in [-0.3, -0.25) is 14.5 Å². The van der Waals surface area contributed by atoms with E-state index in [2.05, 4.69) is 30.7 Å². The van der Waals surface area contributed by atoms with Gasteiger partial charge < -0.3 is 5.32 Å². The van der Waals surface area contributed by atoms with Gasteiger partial charge in [-0.25, -0.2) is 0 Å². The van der Waals surface area contributed by atoms with Gasteiger partial charge in [0.2, 0.25) is 5.82 Å². The summed E-state index contributed by atoms with van der Waals surface area (Å²) in [5.41, 5.74) is 1.71. The number of nitrogens with zero attached hydrogens (tertiary/aromatic N) is 5. The first-order chi connectivity index (χ1) is 9.74. The number of aryl methyl sites for hydroxylation is 1. The number of nitrogens with one attached hydrogen (secondary N) is 2. The van der Waals surface area contributed by atoms with Crippen molar-refractivity contribution in [3.8, 4) is 5.95 Å². The lowest BCUT2D eigenvalue weighted by Crippen LogP contribution is -2.14. The lowest BCUT2D eigenvalue weighted by molar-refractivity contribution is 0.101. The van der Waals surface area contributed by atoms with Crippen LogP contribution in [0.1, 0.15) is 16.2 Å². The SMILES string of the molecule is Cc1ccccc1NC(=O)c1nc(-n2cnnc2)n[nH]1. The van der Waals surface area contributed by atoms with Gasteiger partial charge in [-0.05, 0) is 18.6 Å². The predicted octanol–water partition coefficient (Wildman–Crippen LogP) is 0.946. The van der Waals surface area contributed by atoms with Gasteiger partial charge in [-0.15, -0.1) is 15.3 Å². The van der Waals surface area contributed by atoms with E-state index in [1.54, 1.807) is 0 Å². The van der Waals surface area contributed by atoms with Gasteiger partial charge in [0.25, 0.3) is 11.9 Å². The fourth-order valence-electron chi connectivity index (χ4n) is 1.67. The summed E-state index contributed by atoms with van der Waals surface area (Å²) in [6.45, 7) is 1.92. The molecule has 1 amide bonds. The van der Waals surface area contributed by atoms with E-state index in [-0.39, 0.29) is 11.7 Å². The van der Waals surface area contributed by atoms with Gasteiger partial charge in [-0.1, -0.05) is 18.2 Å². The summed E-state index contributed by atoms with van der Waals surface area (Å²) in [6.07, 6.45) is 2.90. The number of para-hydroxylation sites is 1. The Hall–Kier alpha value is -3.03. The molecule has 0 aliphatic heterocycles. The van der Waals surface area contributed by atoms with Crippen molar-refractivity contribution in [3.63, 3.8) is 0 Å². The minimum absolute atomic E-state index is 0.122. The second-order valence-corrected chi connectivity index (χ2v) is 4.12. The van der Waals surface area contributed by atoms with E-state index < -0.39 is 0 Å². The van der Waals surface area contributed by atoms with E-state index in [1.165, 1.54) is 17.2 Å². The highest BCUT2D eigenvalue weighted by Crippen LogP contribution is 2.13. The predicted molar refractivity (Wildman–Crippen MR) is 70.4 cm³/mol. The molecule has 1 aromatic carbocycles. The number of rotatable bonds is 3. The van der Waals surface area contributed by atoms with Crippen LogP contribution in [-0.2, 0) is 0 Å². The monoisotopic (exact) mass is 269 g/mol. The normalized spacial score (nSPS) is 10.4. The number of aromatic nitrogens is 6. The van der Waals surface area contributed by atoms with Gasteiger partial charge in [0.05, 0.1) is 0 Å². The zero-order chi connectivity index (χ0) is 13.9. The van der Waals surface area contributed by atoms with Crippen LogP contribution in [0.25, 0.3) is 5.95 Å². The number of benzene rings is 1. The maximum atomic E-state index is 12.1. The summed E-state index contributed by atoms with van der Waals surface area (Å²) >= 11 is 0. The summed E-state index contributed by atoms with van der Waals surface area (Å²) in [5, 5.41) is 16.6. The van der Waals surface area contributed by atoms with Gasteiger partial charge in [0.15, 0.2) is 0 Å². The first kappa shape index (κ1) is 12.0. The van der Waals surface area contributed by atoms with Crippen LogP contribution in [0.2, 0.25) is 0 Å². The van der Waals surface area contributed by atoms with E-state index in [9.17, 15) is 4.79 Å². The molecule has 0 saturated carbocycles. The smallest absolute Gasteiger partial charge is 0.293 e. The van der Waals surface area contributed by atoms with Crippen LogP contribution in [0.3, 0.4) is 0 Å². The number of hydrogen-bond acceptors (Lipinski definition) is 5. The number of amides is 1. The van der Waals surface area contributed by atoms with Crippen molar-refractivity contribution in [2.45, 2.75) is 6.92 Å². The van der Waals surface area contributed by atoms with Gasteiger partial charge in [0.1, 0.15) is 12.7 Å². The zero-order valence-electron chi connectivity index (χ0n) is 10.6. The van der Waals surface area contributed by atoms with Gasteiger partial charge in [0, 0.05) is 5.69 Å². The number of anilines is 1. The fraction of sp³-hybridized carbons (Fsp3) is 0.0833. The quantitative estimate of drug-likeness (QED) is 0.737. The van der Waals surface area contributed by atoms with Crippen LogP contribution in [-0.4, -0.2) is 35.9 Å². The molecule has 0 bridgehead atoms. The van der Waals surface area contributed by atoms with Crippen molar-refractivity contribution < 1.29 is 4.79 Å². The molecule has 2 N–H and O–H groups in total. The Morgan fingerprint density at radius 2 is 2.00 bits per heavy atom. The van der Waals surface area contributed by atoms with E-state index in [4.69, 9.17) is 0 Å². The van der Waals surface area contributed by atoms with Gasteiger partial charge >= 0.3 is 0 Å². The highest BCUT2D eigenvalue weighted by Gasteiger charge is 2.13. The summed E-state index contributed by atoms with van der Waals surface area (Å²) < 4.78 is 1.50. The number of hydrogen-bond donors (Lipinski definition) is 2. The van der Waals surface area contributed by atoms with Crippen molar-refractivity contribution in [2.24, 2.45) is 0 Å². The molecule has 2 aromatic heterocycles. The highest BCUT2D eigenvalue weighted by molar-refractivity contribution is 6.01. The summed E-state index contributed by atoms with van der Waals surface area (Å²) in [4.78, 5) is 16.1. The number of carbonyl (C=O) groups is 1. The Kier molecular flexibility index (Phi) is 2.96. The molecule has 20 heavy (non-hydrogen) atoms. The fourth-order valence-corrected chi connectivity index (χ4v) is 1.67. The highest BCUT2D eigenvalue weighted by atomic mass is 16.2. The lowest BCUT2D eigenvalue weighted by Gasteiger charge is -2.05. The minimum Gasteiger partial charge on any atom is -0.319 e. The molecule has 3 rings (SSSR count). The molecule has 0 aliphatic rings. The van der Waals surface area contributed by atoms with Crippen molar-refractivity contribution in [1.29, 1.82) is 0 Å². The number of aromatic amines is 1. The van der Waals surface area contributed by atoms with E-state index in [1.807, 2.05) is 31.2 Å². The molecular weight excluding hydrogens is 258 g/mol. The minimum atomic E-state index is -0.355. The zero-order valence-corrected chi connectivity index (χ0v) is 10.6. The third-order valence-corrected chi connectivity index (χ3v) is 2.73. The first-order valence-corrected chi connectivity index (χ1v) is 5.88. The second kappa shape index (κ2) is 4.92. The van der Waals surface area contributed by atoms with Crippen LogP contribution >= 0.6 is 0 Å². The number of carbonyl (C=O) groups excluding carboxylic acids is 1. The summed E-state index contributed by atoms with van der Waals surface area (Å²) in [7, 11) is 0. The molecule has 0 saturated heterocycles. The standard InChI is InChI=1S/C12H11N7O/c1-8-4-2-3-5-9(8)15-11(20)10-16-12(18-17-10)19-6-13-14-7-19/h2-7H,1H3,(H,15,20)(H,16,17,18). The average molecular weight is 269 g/mol. The van der Waals surface area contributed by atoms with Crippen LogP contribution in [0.4, 0.5) is 5.69 Å². The topological polar surface area (TPSA) is 101 Å². The van der Waals surface area contributed by atoms with Crippen molar-refractivity contribution in [3.05, 3.63) is 48.3 Å². The molecule has 3 aromatic rings. The lowest BCUT2D eigenvalue weighted by atomic mass is 10.2. The maximum absolute atomic E-state index is 12.1. The molecule has 0 fully saturated rings. The molecule has 2 heterocycles. The number of H-pyrrole nitrogens is 1. The Balaban J connectivity index is 1.80. The summed E-state index contributed by atoms with van der Waals surface area (Å²) in [5.74, 6) is 0.0769. The second-order valence-electron chi connectivity index (χ2n) is 4.12. The van der Waals surface area contributed by atoms with Crippen LogP contribution in [0.5, 0.6) is 0 Å². The first-order valence-electron chi connectivity index (χ1n) is 5.88. The third kappa shape index (κ3) is 2.26. The van der Waals surface area contributed by atoms with Crippen LogP contribution < -0.4 is 5.32 Å². The van der Waals surface area contributed by atoms with Gasteiger partial charge in [-0.2, -0.15) is 4.98 Å².